The van der Waals surface area contributed by atoms with E-state index < -0.39 is 5.97 Å². The third kappa shape index (κ3) is 18.0. The summed E-state index contributed by atoms with van der Waals surface area (Å²) in [7, 11) is 0. The van der Waals surface area contributed by atoms with Crippen LogP contribution in [0.25, 0.3) is 0 Å². The van der Waals surface area contributed by atoms with E-state index in [1.807, 2.05) is 6.92 Å². The Labute approximate surface area is 193 Å². The van der Waals surface area contributed by atoms with Crippen molar-refractivity contribution in [2.45, 2.75) is 144 Å². The zero-order valence-corrected chi connectivity index (χ0v) is 21.2. The van der Waals surface area contributed by atoms with Crippen molar-refractivity contribution >= 4 is 5.97 Å². The van der Waals surface area contributed by atoms with Gasteiger partial charge in [0.05, 0.1) is 13.1 Å². The van der Waals surface area contributed by atoms with Crippen LogP contribution in [0, 0.1) is 5.92 Å². The van der Waals surface area contributed by atoms with Gasteiger partial charge in [-0.05, 0) is 44.4 Å². The first kappa shape index (κ1) is 29.7. The van der Waals surface area contributed by atoms with Gasteiger partial charge in [-0.1, -0.05) is 91.9 Å². The van der Waals surface area contributed by atoms with Crippen LogP contribution in [0.5, 0.6) is 0 Å². The quantitative estimate of drug-likeness (QED) is 0.185. The average Bonchev–Trinajstić information content (AvgIpc) is 3.21. The summed E-state index contributed by atoms with van der Waals surface area (Å²) in [5.41, 5.74) is 0. The Morgan fingerprint density at radius 2 is 1.35 bits per heavy atom. The van der Waals surface area contributed by atoms with Gasteiger partial charge >= 0.3 is 0 Å². The molecule has 1 aromatic rings. The minimum Gasteiger partial charge on any atom is -0.550 e. The number of aromatic nitrogens is 2. The molecule has 0 bridgehead atoms. The Morgan fingerprint density at radius 1 is 0.806 bits per heavy atom. The van der Waals surface area contributed by atoms with Gasteiger partial charge in [-0.2, -0.15) is 0 Å². The van der Waals surface area contributed by atoms with Crippen LogP contribution in [0.15, 0.2) is 18.7 Å². The molecule has 0 spiro atoms. The van der Waals surface area contributed by atoms with Gasteiger partial charge in [0.15, 0.2) is 0 Å². The highest BCUT2D eigenvalue weighted by molar-refractivity contribution is 5.67. The highest BCUT2D eigenvalue weighted by Crippen LogP contribution is 2.10. The van der Waals surface area contributed by atoms with Crippen molar-refractivity contribution in [1.82, 2.24) is 4.57 Å². The van der Waals surface area contributed by atoms with E-state index in [1.54, 1.807) is 0 Å². The highest BCUT2D eigenvalue weighted by atomic mass is 16.4. The second-order valence-electron chi connectivity index (χ2n) is 8.99. The summed E-state index contributed by atoms with van der Waals surface area (Å²) in [5.74, 6) is -1.11. The molecule has 0 aliphatic carbocycles. The largest absolute Gasteiger partial charge is 0.550 e. The number of carbonyl (C=O) groups is 1. The highest BCUT2D eigenvalue weighted by Gasteiger charge is 2.05. The number of nitrogens with zero attached hydrogens (tertiary/aromatic N) is 2. The predicted molar refractivity (Wildman–Crippen MR) is 130 cm³/mol. The van der Waals surface area contributed by atoms with E-state index in [-0.39, 0.29) is 5.92 Å². The van der Waals surface area contributed by atoms with E-state index >= 15 is 0 Å². The van der Waals surface area contributed by atoms with Crippen molar-refractivity contribution in [2.75, 3.05) is 0 Å². The maximum Gasteiger partial charge on any atom is 0.243 e. The molecule has 0 amide bonds. The van der Waals surface area contributed by atoms with Crippen LogP contribution in [-0.2, 0) is 17.9 Å². The van der Waals surface area contributed by atoms with Crippen LogP contribution in [0.2, 0.25) is 0 Å². The number of carboxylic acids is 1. The first-order valence-corrected chi connectivity index (χ1v) is 13.3. The minimum absolute atomic E-state index is 0.222. The van der Waals surface area contributed by atoms with Crippen molar-refractivity contribution in [2.24, 2.45) is 5.92 Å². The van der Waals surface area contributed by atoms with Gasteiger partial charge in [-0.3, -0.25) is 0 Å². The number of carbonyl (C=O) groups excluding carboxylic acids is 1. The monoisotopic (exact) mass is 436 g/mol. The Bertz CT molecular complexity index is 483. The van der Waals surface area contributed by atoms with Gasteiger partial charge in [0.25, 0.3) is 0 Å². The first-order chi connectivity index (χ1) is 15.1. The third-order valence-electron chi connectivity index (χ3n) is 6.02. The summed E-state index contributed by atoms with van der Waals surface area (Å²) in [6.07, 6.45) is 26.9. The molecular weight excluding hydrogens is 384 g/mol. The van der Waals surface area contributed by atoms with Gasteiger partial charge in [0, 0.05) is 5.97 Å². The predicted octanol–water partition coefficient (Wildman–Crippen LogP) is 6.45. The lowest BCUT2D eigenvalue weighted by molar-refractivity contribution is -0.696. The second-order valence-corrected chi connectivity index (χ2v) is 8.99. The number of carboxylic acid groups (broad SMARTS) is 1. The Kier molecular flexibility index (Phi) is 21.0. The average molecular weight is 437 g/mol. The Morgan fingerprint density at radius 3 is 1.90 bits per heavy atom. The number of aliphatic carboxylic acids is 1. The molecule has 4 heteroatoms. The zero-order chi connectivity index (χ0) is 23.2. The third-order valence-corrected chi connectivity index (χ3v) is 6.02. The van der Waals surface area contributed by atoms with Crippen LogP contribution in [-0.4, -0.2) is 10.5 Å². The van der Waals surface area contributed by atoms with E-state index in [2.05, 4.69) is 48.6 Å². The van der Waals surface area contributed by atoms with Crippen LogP contribution in [0.1, 0.15) is 130 Å². The molecule has 1 aromatic heterocycles. The molecule has 0 aliphatic heterocycles. The van der Waals surface area contributed by atoms with E-state index in [1.165, 1.54) is 90.1 Å². The summed E-state index contributed by atoms with van der Waals surface area (Å²) in [6, 6.07) is 0. The summed E-state index contributed by atoms with van der Waals surface area (Å²) >= 11 is 0. The van der Waals surface area contributed by atoms with Crippen molar-refractivity contribution in [3.8, 4) is 0 Å². The maximum atomic E-state index is 10.3. The standard InChI is InChI=1S/C19H37N2.C8H16O2/c1-3-5-7-9-11-13-15-20-17-18-21(19-20)16-14-12-10-8-6-4-2;1-3-5-6-7(4-2)8(9)10/h17-19H,3-16H2,1-2H3;7H,3-6H2,1-2H3,(H,9,10)/q+1;/p-1. The van der Waals surface area contributed by atoms with E-state index in [9.17, 15) is 9.90 Å². The smallest absolute Gasteiger partial charge is 0.243 e. The van der Waals surface area contributed by atoms with Gasteiger partial charge in [-0.15, -0.1) is 0 Å². The zero-order valence-electron chi connectivity index (χ0n) is 21.2. The molecular formula is C27H52N2O2. The number of rotatable bonds is 19. The fourth-order valence-corrected chi connectivity index (χ4v) is 3.79. The Hall–Kier alpha value is -1.32. The topological polar surface area (TPSA) is 48.9 Å². The van der Waals surface area contributed by atoms with Gasteiger partial charge < -0.3 is 9.90 Å². The van der Waals surface area contributed by atoms with Crippen LogP contribution in [0.3, 0.4) is 0 Å². The molecule has 0 N–H and O–H groups in total. The molecule has 0 saturated carbocycles. The molecule has 0 aliphatic rings. The van der Waals surface area contributed by atoms with Crippen molar-refractivity contribution in [1.29, 1.82) is 0 Å². The molecule has 0 fully saturated rings. The number of aryl methyl sites for hydroxylation is 2. The maximum absolute atomic E-state index is 10.3. The van der Waals surface area contributed by atoms with Crippen molar-refractivity contribution in [3.05, 3.63) is 18.7 Å². The molecule has 182 valence electrons. The summed E-state index contributed by atoms with van der Waals surface area (Å²) in [6.45, 7) is 10.9. The molecule has 0 radical (unpaired) electrons. The fourth-order valence-electron chi connectivity index (χ4n) is 3.79. The molecule has 1 heterocycles. The van der Waals surface area contributed by atoms with Crippen molar-refractivity contribution < 1.29 is 14.5 Å². The Balaban J connectivity index is 0.000000759. The lowest BCUT2D eigenvalue weighted by atomic mass is 10.00. The van der Waals surface area contributed by atoms with E-state index in [0.717, 1.165) is 19.3 Å². The van der Waals surface area contributed by atoms with E-state index in [4.69, 9.17) is 0 Å². The first-order valence-electron chi connectivity index (χ1n) is 13.3. The second kappa shape index (κ2) is 21.9. The lowest BCUT2D eigenvalue weighted by Crippen LogP contribution is -2.30. The molecule has 1 atom stereocenters. The summed E-state index contributed by atoms with van der Waals surface area (Å²) in [5, 5.41) is 10.3. The van der Waals surface area contributed by atoms with Crippen LogP contribution < -0.4 is 9.67 Å². The van der Waals surface area contributed by atoms with Crippen LogP contribution >= 0.6 is 0 Å². The summed E-state index contributed by atoms with van der Waals surface area (Å²) in [4.78, 5) is 10.3. The van der Waals surface area contributed by atoms with Gasteiger partial charge in [-0.25, -0.2) is 9.13 Å². The molecule has 0 saturated heterocycles. The fraction of sp³-hybridized carbons (Fsp3) is 0.852. The van der Waals surface area contributed by atoms with E-state index in [0.29, 0.717) is 6.42 Å². The van der Waals surface area contributed by atoms with Gasteiger partial charge in [0.2, 0.25) is 6.33 Å². The van der Waals surface area contributed by atoms with Crippen molar-refractivity contribution in [3.63, 3.8) is 0 Å². The molecule has 0 aromatic carbocycles. The SMILES string of the molecule is CCCCC(CC)C(=O)[O-].CCCCCCCCn1cc[n+](CCCCCCCC)c1. The molecule has 4 nitrogen and oxygen atoms in total. The minimum atomic E-state index is -0.893. The number of imidazole rings is 1. The van der Waals surface area contributed by atoms with Gasteiger partial charge in [0.1, 0.15) is 12.4 Å². The summed E-state index contributed by atoms with van der Waals surface area (Å²) < 4.78 is 4.72. The normalized spacial score (nSPS) is 11.7. The lowest BCUT2D eigenvalue weighted by Gasteiger charge is -2.14. The van der Waals surface area contributed by atoms with Crippen LogP contribution in [0.4, 0.5) is 0 Å². The molecule has 1 unspecified atom stereocenters. The number of unbranched alkanes of at least 4 members (excludes halogenated alkanes) is 11. The molecule has 31 heavy (non-hydrogen) atoms. The number of hydrogen-bond donors (Lipinski definition) is 0. The number of hydrogen-bond acceptors (Lipinski definition) is 2. The molecule has 1 rings (SSSR count).